The van der Waals surface area contributed by atoms with E-state index in [0.717, 1.165) is 16.8 Å². The fraction of sp³-hybridized carbons (Fsp3) is 0.250. The number of para-hydroxylation sites is 1. The standard InChI is InChI=1S/C20H20N2O3S/c1-4-25-18(23)12-26-20-21-16-8-6-5-7-15(16)19(24)22(20)17-10-9-13(2)11-14(17)3/h5-11H,4,12H2,1-3H3. The van der Waals surface area contributed by atoms with E-state index in [1.54, 1.807) is 23.6 Å². The van der Waals surface area contributed by atoms with Crippen molar-refractivity contribution < 1.29 is 9.53 Å². The zero-order valence-electron chi connectivity index (χ0n) is 15.0. The quantitative estimate of drug-likeness (QED) is 0.391. The molecule has 3 rings (SSSR count). The van der Waals surface area contributed by atoms with Gasteiger partial charge in [0.05, 0.1) is 29.0 Å². The number of rotatable bonds is 5. The Morgan fingerprint density at radius 3 is 2.69 bits per heavy atom. The fourth-order valence-electron chi connectivity index (χ4n) is 2.80. The van der Waals surface area contributed by atoms with Crippen molar-refractivity contribution in [3.63, 3.8) is 0 Å². The maximum atomic E-state index is 13.2. The van der Waals surface area contributed by atoms with Crippen LogP contribution in [0.3, 0.4) is 0 Å². The topological polar surface area (TPSA) is 61.2 Å². The highest BCUT2D eigenvalue weighted by atomic mass is 32.2. The highest BCUT2D eigenvalue weighted by molar-refractivity contribution is 7.99. The number of aryl methyl sites for hydroxylation is 2. The third kappa shape index (κ3) is 3.65. The predicted octanol–water partition coefficient (Wildman–Crippen LogP) is 3.66. The number of hydrogen-bond donors (Lipinski definition) is 0. The molecule has 0 aliphatic carbocycles. The summed E-state index contributed by atoms with van der Waals surface area (Å²) in [5.41, 5.74) is 3.33. The van der Waals surface area contributed by atoms with Crippen LogP contribution in [0.5, 0.6) is 0 Å². The van der Waals surface area contributed by atoms with Gasteiger partial charge in [-0.05, 0) is 44.5 Å². The van der Waals surface area contributed by atoms with Gasteiger partial charge in [0.25, 0.3) is 5.56 Å². The van der Waals surface area contributed by atoms with E-state index >= 15 is 0 Å². The molecule has 6 heteroatoms. The van der Waals surface area contributed by atoms with Gasteiger partial charge < -0.3 is 4.74 Å². The first-order chi connectivity index (χ1) is 12.5. The van der Waals surface area contributed by atoms with Crippen LogP contribution in [-0.2, 0) is 9.53 Å². The molecule has 2 aromatic carbocycles. The summed E-state index contributed by atoms with van der Waals surface area (Å²) in [6.45, 7) is 6.06. The van der Waals surface area contributed by atoms with Crippen molar-refractivity contribution in [2.75, 3.05) is 12.4 Å². The molecule has 3 aromatic rings. The molecule has 5 nitrogen and oxygen atoms in total. The molecule has 0 aliphatic heterocycles. The Morgan fingerprint density at radius 1 is 1.19 bits per heavy atom. The molecule has 0 atom stereocenters. The van der Waals surface area contributed by atoms with Crippen molar-refractivity contribution in [2.45, 2.75) is 25.9 Å². The number of aromatic nitrogens is 2. The van der Waals surface area contributed by atoms with Gasteiger partial charge in [0.1, 0.15) is 0 Å². The van der Waals surface area contributed by atoms with Crippen LogP contribution < -0.4 is 5.56 Å². The van der Waals surface area contributed by atoms with E-state index < -0.39 is 0 Å². The van der Waals surface area contributed by atoms with Crippen molar-refractivity contribution in [2.24, 2.45) is 0 Å². The monoisotopic (exact) mass is 368 g/mol. The largest absolute Gasteiger partial charge is 0.465 e. The lowest BCUT2D eigenvalue weighted by Crippen LogP contribution is -2.23. The second-order valence-corrected chi connectivity index (χ2v) is 6.88. The van der Waals surface area contributed by atoms with Gasteiger partial charge in [0.2, 0.25) is 0 Å². The number of fused-ring (bicyclic) bond motifs is 1. The van der Waals surface area contributed by atoms with E-state index in [2.05, 4.69) is 4.98 Å². The van der Waals surface area contributed by atoms with Crippen LogP contribution in [0.4, 0.5) is 0 Å². The van der Waals surface area contributed by atoms with Gasteiger partial charge in [-0.15, -0.1) is 0 Å². The lowest BCUT2D eigenvalue weighted by molar-refractivity contribution is -0.139. The second kappa shape index (κ2) is 7.74. The summed E-state index contributed by atoms with van der Waals surface area (Å²) < 4.78 is 6.58. The average Bonchev–Trinajstić information content (AvgIpc) is 2.61. The van der Waals surface area contributed by atoms with Gasteiger partial charge >= 0.3 is 5.97 Å². The van der Waals surface area contributed by atoms with Crippen LogP contribution >= 0.6 is 11.8 Å². The molecule has 1 aromatic heterocycles. The Hall–Kier alpha value is -2.60. The van der Waals surface area contributed by atoms with Gasteiger partial charge in [-0.2, -0.15) is 0 Å². The summed E-state index contributed by atoms with van der Waals surface area (Å²) in [6.07, 6.45) is 0. The minimum Gasteiger partial charge on any atom is -0.465 e. The van der Waals surface area contributed by atoms with Crippen molar-refractivity contribution in [3.8, 4) is 5.69 Å². The Morgan fingerprint density at radius 2 is 1.96 bits per heavy atom. The number of benzene rings is 2. The lowest BCUT2D eigenvalue weighted by atomic mass is 10.1. The highest BCUT2D eigenvalue weighted by Crippen LogP contribution is 2.23. The SMILES string of the molecule is CCOC(=O)CSc1nc2ccccc2c(=O)n1-c1ccc(C)cc1C. The summed E-state index contributed by atoms with van der Waals surface area (Å²) in [7, 11) is 0. The molecule has 0 radical (unpaired) electrons. The molecule has 0 N–H and O–H groups in total. The van der Waals surface area contributed by atoms with Gasteiger partial charge in [0, 0.05) is 0 Å². The first-order valence-electron chi connectivity index (χ1n) is 8.39. The maximum Gasteiger partial charge on any atom is 0.316 e. The summed E-state index contributed by atoms with van der Waals surface area (Å²) in [4.78, 5) is 29.5. The smallest absolute Gasteiger partial charge is 0.316 e. The van der Waals surface area contributed by atoms with E-state index in [-0.39, 0.29) is 17.3 Å². The molecule has 1 heterocycles. The molecular formula is C20H20N2O3S. The Balaban J connectivity index is 2.17. The molecule has 0 unspecified atom stereocenters. The van der Waals surface area contributed by atoms with E-state index in [4.69, 9.17) is 4.74 Å². The molecule has 0 aliphatic rings. The fourth-order valence-corrected chi connectivity index (χ4v) is 3.61. The third-order valence-corrected chi connectivity index (χ3v) is 4.87. The highest BCUT2D eigenvalue weighted by Gasteiger charge is 2.16. The number of carbonyl (C=O) groups excluding carboxylic acids is 1. The van der Waals surface area contributed by atoms with Crippen molar-refractivity contribution in [1.29, 1.82) is 0 Å². The summed E-state index contributed by atoms with van der Waals surface area (Å²) in [5.74, 6) is -0.226. The molecular weight excluding hydrogens is 348 g/mol. The van der Waals surface area contributed by atoms with Crippen LogP contribution in [0.2, 0.25) is 0 Å². The zero-order chi connectivity index (χ0) is 18.7. The minimum absolute atomic E-state index is 0.101. The van der Waals surface area contributed by atoms with Crippen LogP contribution in [0, 0.1) is 13.8 Å². The third-order valence-electron chi connectivity index (χ3n) is 3.96. The molecule has 0 saturated carbocycles. The van der Waals surface area contributed by atoms with Gasteiger partial charge in [-0.1, -0.05) is 41.6 Å². The number of ether oxygens (including phenoxy) is 1. The summed E-state index contributed by atoms with van der Waals surface area (Å²) >= 11 is 1.21. The van der Waals surface area contributed by atoms with Crippen LogP contribution in [0.25, 0.3) is 16.6 Å². The molecule has 0 fully saturated rings. The number of hydrogen-bond acceptors (Lipinski definition) is 5. The molecule has 134 valence electrons. The zero-order valence-corrected chi connectivity index (χ0v) is 15.8. The number of thioether (sulfide) groups is 1. The Labute approximate surface area is 156 Å². The number of carbonyl (C=O) groups is 1. The Bertz CT molecular complexity index is 1030. The van der Waals surface area contributed by atoms with Gasteiger partial charge in [-0.3, -0.25) is 14.2 Å². The number of esters is 1. The maximum absolute atomic E-state index is 13.2. The Kier molecular flexibility index (Phi) is 5.42. The van der Waals surface area contributed by atoms with E-state index in [1.165, 1.54) is 11.8 Å². The summed E-state index contributed by atoms with van der Waals surface area (Å²) in [6, 6.07) is 13.1. The molecule has 26 heavy (non-hydrogen) atoms. The first kappa shape index (κ1) is 18.2. The van der Waals surface area contributed by atoms with E-state index in [0.29, 0.717) is 22.7 Å². The number of nitrogens with zero attached hydrogens (tertiary/aromatic N) is 2. The van der Waals surface area contributed by atoms with Crippen LogP contribution in [0.1, 0.15) is 18.1 Å². The average molecular weight is 368 g/mol. The van der Waals surface area contributed by atoms with Crippen LogP contribution in [0.15, 0.2) is 52.4 Å². The molecule has 0 saturated heterocycles. The van der Waals surface area contributed by atoms with Gasteiger partial charge in [-0.25, -0.2) is 4.98 Å². The first-order valence-corrected chi connectivity index (χ1v) is 9.37. The van der Waals surface area contributed by atoms with Crippen molar-refractivity contribution in [3.05, 3.63) is 63.9 Å². The minimum atomic E-state index is -0.327. The summed E-state index contributed by atoms with van der Waals surface area (Å²) in [5, 5.41) is 1.03. The van der Waals surface area contributed by atoms with Crippen molar-refractivity contribution in [1.82, 2.24) is 9.55 Å². The van der Waals surface area contributed by atoms with E-state index in [9.17, 15) is 9.59 Å². The van der Waals surface area contributed by atoms with Crippen molar-refractivity contribution >= 4 is 28.6 Å². The second-order valence-electron chi connectivity index (χ2n) is 5.94. The predicted molar refractivity (Wildman–Crippen MR) is 104 cm³/mol. The molecule has 0 amide bonds. The lowest BCUT2D eigenvalue weighted by Gasteiger charge is -2.15. The van der Waals surface area contributed by atoms with Crippen LogP contribution in [-0.4, -0.2) is 27.9 Å². The molecule has 0 spiro atoms. The molecule has 0 bridgehead atoms. The van der Waals surface area contributed by atoms with E-state index in [1.807, 2.05) is 44.2 Å². The normalized spacial score (nSPS) is 10.9. The van der Waals surface area contributed by atoms with Gasteiger partial charge in [0.15, 0.2) is 5.16 Å².